The second-order valence-electron chi connectivity index (χ2n) is 4.02. The molecule has 4 heteroatoms. The van der Waals surface area contributed by atoms with Gasteiger partial charge in [-0.3, -0.25) is 0 Å². The summed E-state index contributed by atoms with van der Waals surface area (Å²) < 4.78 is 5.02. The maximum Gasteiger partial charge on any atom is 0.212 e. The molecule has 0 aliphatic heterocycles. The van der Waals surface area contributed by atoms with Crippen LogP contribution in [0.3, 0.4) is 0 Å². The van der Waals surface area contributed by atoms with Gasteiger partial charge in [-0.2, -0.15) is 0 Å². The predicted molar refractivity (Wildman–Crippen MR) is 74.3 cm³/mol. The Bertz CT molecular complexity index is 526. The first-order valence-electron chi connectivity index (χ1n) is 5.68. The molecule has 0 saturated heterocycles. The molecule has 1 aromatic carbocycles. The molecule has 0 unspecified atom stereocenters. The molecule has 0 radical (unpaired) electrons. The number of hydrogen-bond donors (Lipinski definition) is 1. The van der Waals surface area contributed by atoms with Crippen molar-refractivity contribution in [2.45, 2.75) is 13.5 Å². The molecule has 1 aromatic heterocycles. The van der Waals surface area contributed by atoms with Crippen LogP contribution in [0.5, 0.6) is 5.88 Å². The standard InChI is InChI=1S/C14H15ClN2O/c1-10-3-5-12(15)7-13(10)16-8-11-4-6-14(18-2)17-9-11/h3-7,9,16H,8H2,1-2H3. The number of ether oxygens (including phenoxy) is 1. The summed E-state index contributed by atoms with van der Waals surface area (Å²) in [5, 5.41) is 4.07. The van der Waals surface area contributed by atoms with Gasteiger partial charge in [0.25, 0.3) is 0 Å². The van der Waals surface area contributed by atoms with E-state index in [-0.39, 0.29) is 0 Å². The average molecular weight is 263 g/mol. The second kappa shape index (κ2) is 5.74. The molecule has 0 fully saturated rings. The SMILES string of the molecule is COc1ccc(CNc2cc(Cl)ccc2C)cn1. The highest BCUT2D eigenvalue weighted by molar-refractivity contribution is 6.30. The van der Waals surface area contributed by atoms with Crippen molar-refractivity contribution in [3.8, 4) is 5.88 Å². The summed E-state index contributed by atoms with van der Waals surface area (Å²) in [7, 11) is 1.61. The summed E-state index contributed by atoms with van der Waals surface area (Å²) in [5.41, 5.74) is 3.30. The van der Waals surface area contributed by atoms with E-state index in [0.717, 1.165) is 16.3 Å². The van der Waals surface area contributed by atoms with Crippen LogP contribution in [-0.4, -0.2) is 12.1 Å². The molecule has 94 valence electrons. The molecule has 0 amide bonds. The number of benzene rings is 1. The number of rotatable bonds is 4. The molecule has 3 nitrogen and oxygen atoms in total. The second-order valence-corrected chi connectivity index (χ2v) is 4.46. The molecule has 2 aromatic rings. The Morgan fingerprint density at radius 2 is 2.11 bits per heavy atom. The fraction of sp³-hybridized carbons (Fsp3) is 0.214. The summed E-state index contributed by atoms with van der Waals surface area (Å²) in [6, 6.07) is 9.64. The quantitative estimate of drug-likeness (QED) is 0.913. The first-order chi connectivity index (χ1) is 8.69. The third-order valence-corrected chi connectivity index (χ3v) is 2.92. The Hall–Kier alpha value is -1.74. The molecular weight excluding hydrogens is 248 g/mol. The third-order valence-electron chi connectivity index (χ3n) is 2.69. The summed E-state index contributed by atoms with van der Waals surface area (Å²) >= 11 is 5.97. The van der Waals surface area contributed by atoms with Crippen molar-refractivity contribution in [1.82, 2.24) is 4.98 Å². The van der Waals surface area contributed by atoms with Gasteiger partial charge in [0.05, 0.1) is 7.11 Å². The van der Waals surface area contributed by atoms with Gasteiger partial charge in [0.1, 0.15) is 0 Å². The van der Waals surface area contributed by atoms with Crippen LogP contribution in [0.4, 0.5) is 5.69 Å². The number of nitrogens with one attached hydrogen (secondary N) is 1. The summed E-state index contributed by atoms with van der Waals surface area (Å²) in [6.07, 6.45) is 1.80. The minimum absolute atomic E-state index is 0.623. The maximum atomic E-state index is 5.97. The number of pyridine rings is 1. The van der Waals surface area contributed by atoms with E-state index in [0.29, 0.717) is 12.4 Å². The van der Waals surface area contributed by atoms with E-state index >= 15 is 0 Å². The summed E-state index contributed by atoms with van der Waals surface area (Å²) in [4.78, 5) is 4.16. The van der Waals surface area contributed by atoms with Gasteiger partial charge in [-0.05, 0) is 30.2 Å². The zero-order valence-corrected chi connectivity index (χ0v) is 11.2. The van der Waals surface area contributed by atoms with Gasteiger partial charge in [-0.1, -0.05) is 23.7 Å². The lowest BCUT2D eigenvalue weighted by atomic mass is 10.2. The molecular formula is C14H15ClN2O. The van der Waals surface area contributed by atoms with Crippen molar-refractivity contribution in [3.63, 3.8) is 0 Å². The van der Waals surface area contributed by atoms with Gasteiger partial charge < -0.3 is 10.1 Å². The number of aromatic nitrogens is 1. The normalized spacial score (nSPS) is 10.2. The molecule has 1 heterocycles. The Labute approximate surface area is 112 Å². The monoisotopic (exact) mass is 262 g/mol. The molecule has 2 rings (SSSR count). The van der Waals surface area contributed by atoms with Crippen LogP contribution in [0.1, 0.15) is 11.1 Å². The fourth-order valence-electron chi connectivity index (χ4n) is 1.62. The summed E-state index contributed by atoms with van der Waals surface area (Å²) in [6.45, 7) is 2.75. The number of halogens is 1. The van der Waals surface area contributed by atoms with Crippen LogP contribution in [-0.2, 0) is 6.54 Å². The van der Waals surface area contributed by atoms with Gasteiger partial charge in [0.15, 0.2) is 0 Å². The minimum Gasteiger partial charge on any atom is -0.481 e. The minimum atomic E-state index is 0.623. The molecule has 18 heavy (non-hydrogen) atoms. The van der Waals surface area contributed by atoms with Gasteiger partial charge in [0.2, 0.25) is 5.88 Å². The predicted octanol–water partition coefficient (Wildman–Crippen LogP) is 3.66. The van der Waals surface area contributed by atoms with Gasteiger partial charge in [-0.25, -0.2) is 4.98 Å². The maximum absolute atomic E-state index is 5.97. The number of anilines is 1. The van der Waals surface area contributed by atoms with Gasteiger partial charge in [0, 0.05) is 29.5 Å². The van der Waals surface area contributed by atoms with Crippen molar-refractivity contribution in [2.75, 3.05) is 12.4 Å². The molecule has 0 spiro atoms. The van der Waals surface area contributed by atoms with E-state index in [4.69, 9.17) is 16.3 Å². The van der Waals surface area contributed by atoms with E-state index in [1.807, 2.05) is 37.3 Å². The van der Waals surface area contributed by atoms with Crippen molar-refractivity contribution in [3.05, 3.63) is 52.7 Å². The molecule has 1 N–H and O–H groups in total. The zero-order chi connectivity index (χ0) is 13.0. The average Bonchev–Trinajstić information content (AvgIpc) is 2.40. The van der Waals surface area contributed by atoms with Crippen molar-refractivity contribution in [2.24, 2.45) is 0 Å². The van der Waals surface area contributed by atoms with Crippen LogP contribution in [0.2, 0.25) is 5.02 Å². The van der Waals surface area contributed by atoms with Crippen molar-refractivity contribution < 1.29 is 4.74 Å². The largest absolute Gasteiger partial charge is 0.481 e. The molecule has 0 saturated carbocycles. The topological polar surface area (TPSA) is 34.1 Å². The zero-order valence-electron chi connectivity index (χ0n) is 10.4. The Morgan fingerprint density at radius 1 is 1.28 bits per heavy atom. The van der Waals surface area contributed by atoms with Crippen LogP contribution in [0.25, 0.3) is 0 Å². The van der Waals surface area contributed by atoms with E-state index < -0.39 is 0 Å². The highest BCUT2D eigenvalue weighted by Crippen LogP contribution is 2.20. The number of nitrogens with zero attached hydrogens (tertiary/aromatic N) is 1. The smallest absolute Gasteiger partial charge is 0.212 e. The molecule has 0 aliphatic rings. The number of hydrogen-bond acceptors (Lipinski definition) is 3. The van der Waals surface area contributed by atoms with E-state index in [9.17, 15) is 0 Å². The van der Waals surface area contributed by atoms with Crippen LogP contribution in [0.15, 0.2) is 36.5 Å². The fourth-order valence-corrected chi connectivity index (χ4v) is 1.79. The highest BCUT2D eigenvalue weighted by Gasteiger charge is 2.00. The first-order valence-corrected chi connectivity index (χ1v) is 6.06. The Morgan fingerprint density at radius 3 is 2.78 bits per heavy atom. The van der Waals surface area contributed by atoms with Crippen LogP contribution < -0.4 is 10.1 Å². The Kier molecular flexibility index (Phi) is 4.05. The van der Waals surface area contributed by atoms with Gasteiger partial charge in [-0.15, -0.1) is 0 Å². The number of methoxy groups -OCH3 is 1. The Balaban J connectivity index is 2.04. The van der Waals surface area contributed by atoms with Crippen LogP contribution in [0, 0.1) is 6.92 Å². The number of aryl methyl sites for hydroxylation is 1. The van der Waals surface area contributed by atoms with Crippen LogP contribution >= 0.6 is 11.6 Å². The molecule has 0 aliphatic carbocycles. The van der Waals surface area contributed by atoms with Crippen molar-refractivity contribution >= 4 is 17.3 Å². The van der Waals surface area contributed by atoms with E-state index in [2.05, 4.69) is 10.3 Å². The molecule has 0 atom stereocenters. The van der Waals surface area contributed by atoms with E-state index in [1.54, 1.807) is 13.3 Å². The first kappa shape index (κ1) is 12.7. The lowest BCUT2D eigenvalue weighted by Crippen LogP contribution is -2.01. The van der Waals surface area contributed by atoms with Gasteiger partial charge >= 0.3 is 0 Å². The third kappa shape index (κ3) is 3.14. The lowest BCUT2D eigenvalue weighted by Gasteiger charge is -2.10. The highest BCUT2D eigenvalue weighted by atomic mass is 35.5. The van der Waals surface area contributed by atoms with Crippen molar-refractivity contribution in [1.29, 1.82) is 0 Å². The molecule has 0 bridgehead atoms. The summed E-state index contributed by atoms with van der Waals surface area (Å²) in [5.74, 6) is 0.623. The lowest BCUT2D eigenvalue weighted by molar-refractivity contribution is 0.397. The van der Waals surface area contributed by atoms with E-state index in [1.165, 1.54) is 5.56 Å².